The van der Waals surface area contributed by atoms with E-state index in [4.69, 9.17) is 4.74 Å². The molecule has 2 heterocycles. The van der Waals surface area contributed by atoms with E-state index in [2.05, 4.69) is 15.5 Å². The number of hydrogen-bond donors (Lipinski definition) is 2. The maximum atomic E-state index is 11.8. The van der Waals surface area contributed by atoms with Crippen molar-refractivity contribution < 1.29 is 9.53 Å². The van der Waals surface area contributed by atoms with Gasteiger partial charge in [-0.3, -0.25) is 0 Å². The number of hydrogen-bond acceptors (Lipinski definition) is 4. The molecule has 0 aromatic carbocycles. The van der Waals surface area contributed by atoms with Crippen LogP contribution in [0.4, 0.5) is 4.79 Å². The molecular weight excluding hydrogens is 278 g/mol. The lowest BCUT2D eigenvalue weighted by molar-refractivity contribution is 0.0461. The number of ether oxygens (including phenoxy) is 1. The van der Waals surface area contributed by atoms with Crippen molar-refractivity contribution in [3.63, 3.8) is 0 Å². The topological polar surface area (TPSA) is 53.6 Å². The normalized spacial score (nSPS) is 21.7. The Labute approximate surface area is 136 Å². The van der Waals surface area contributed by atoms with Gasteiger partial charge in [-0.15, -0.1) is 0 Å². The Hall–Kier alpha value is -0.810. The van der Waals surface area contributed by atoms with Crippen molar-refractivity contribution in [2.75, 3.05) is 26.2 Å². The van der Waals surface area contributed by atoms with Crippen LogP contribution >= 0.6 is 0 Å². The highest BCUT2D eigenvalue weighted by Crippen LogP contribution is 2.19. The van der Waals surface area contributed by atoms with Gasteiger partial charge in [-0.1, -0.05) is 13.8 Å². The van der Waals surface area contributed by atoms with Gasteiger partial charge < -0.3 is 20.3 Å². The van der Waals surface area contributed by atoms with Crippen LogP contribution in [-0.2, 0) is 4.74 Å². The first-order valence-corrected chi connectivity index (χ1v) is 8.88. The fraction of sp³-hybridized carbons (Fsp3) is 0.941. The molecule has 0 radical (unpaired) electrons. The van der Waals surface area contributed by atoms with Crippen molar-refractivity contribution in [2.24, 2.45) is 0 Å². The van der Waals surface area contributed by atoms with Crippen LogP contribution in [0, 0.1) is 0 Å². The number of carbonyl (C=O) groups is 1. The van der Waals surface area contributed by atoms with Crippen LogP contribution in [0.3, 0.4) is 0 Å². The van der Waals surface area contributed by atoms with Gasteiger partial charge in [-0.2, -0.15) is 0 Å². The summed E-state index contributed by atoms with van der Waals surface area (Å²) in [6, 6.07) is 1.00. The second-order valence-electron chi connectivity index (χ2n) is 6.94. The standard InChI is InChI=1S/C15H29N3O2.C2H6/c1-15(2,3)20-14(19)17-12-6-10-18(11-7-12)13-4-8-16-9-5-13;1-2/h12-13,16H,4-11H2,1-3H3,(H,17,19);1-2H3. The molecule has 2 N–H and O–H groups in total. The monoisotopic (exact) mass is 313 g/mol. The van der Waals surface area contributed by atoms with Gasteiger partial charge in [0.2, 0.25) is 0 Å². The zero-order valence-corrected chi connectivity index (χ0v) is 15.1. The van der Waals surface area contributed by atoms with Crippen molar-refractivity contribution in [1.29, 1.82) is 0 Å². The molecule has 0 aliphatic carbocycles. The molecule has 0 aromatic heterocycles. The average molecular weight is 313 g/mol. The lowest BCUT2D eigenvalue weighted by atomic mass is 9.99. The molecule has 22 heavy (non-hydrogen) atoms. The second-order valence-corrected chi connectivity index (χ2v) is 6.94. The third-order valence-corrected chi connectivity index (χ3v) is 4.08. The number of piperidine rings is 2. The van der Waals surface area contributed by atoms with E-state index in [1.54, 1.807) is 0 Å². The Kier molecular flexibility index (Phi) is 8.18. The van der Waals surface area contributed by atoms with E-state index in [1.807, 2.05) is 34.6 Å². The van der Waals surface area contributed by atoms with Crippen LogP contribution < -0.4 is 10.6 Å². The predicted octanol–water partition coefficient (Wildman–Crippen LogP) is 2.75. The zero-order valence-electron chi connectivity index (χ0n) is 15.1. The summed E-state index contributed by atoms with van der Waals surface area (Å²) in [6.45, 7) is 14.1. The van der Waals surface area contributed by atoms with Crippen molar-refractivity contribution in [1.82, 2.24) is 15.5 Å². The first-order chi connectivity index (χ1) is 10.4. The lowest BCUT2D eigenvalue weighted by Crippen LogP contribution is -2.51. The van der Waals surface area contributed by atoms with Crippen LogP contribution in [-0.4, -0.2) is 54.9 Å². The third-order valence-electron chi connectivity index (χ3n) is 4.08. The molecule has 130 valence electrons. The van der Waals surface area contributed by atoms with Gasteiger partial charge in [-0.25, -0.2) is 4.79 Å². The fourth-order valence-corrected chi connectivity index (χ4v) is 3.06. The molecular formula is C17H35N3O2. The lowest BCUT2D eigenvalue weighted by Gasteiger charge is -2.39. The highest BCUT2D eigenvalue weighted by Gasteiger charge is 2.27. The van der Waals surface area contributed by atoms with Gasteiger partial charge in [0.15, 0.2) is 0 Å². The summed E-state index contributed by atoms with van der Waals surface area (Å²) in [5, 5.41) is 6.41. The molecule has 0 atom stereocenters. The maximum Gasteiger partial charge on any atom is 0.407 e. The largest absolute Gasteiger partial charge is 0.444 e. The summed E-state index contributed by atoms with van der Waals surface area (Å²) >= 11 is 0. The first kappa shape index (κ1) is 19.2. The molecule has 5 heteroatoms. The summed E-state index contributed by atoms with van der Waals surface area (Å²) < 4.78 is 5.31. The van der Waals surface area contributed by atoms with E-state index in [0.717, 1.165) is 45.1 Å². The van der Waals surface area contributed by atoms with Crippen LogP contribution in [0.2, 0.25) is 0 Å². The number of alkyl carbamates (subject to hydrolysis) is 1. The SMILES string of the molecule is CC.CC(C)(C)OC(=O)NC1CCN(C2CCNCC2)CC1. The highest BCUT2D eigenvalue weighted by atomic mass is 16.6. The van der Waals surface area contributed by atoms with Gasteiger partial charge in [0.25, 0.3) is 0 Å². The number of likely N-dealkylation sites (tertiary alicyclic amines) is 1. The molecule has 2 fully saturated rings. The van der Waals surface area contributed by atoms with Crippen molar-refractivity contribution in [2.45, 2.75) is 78.0 Å². The number of carbonyl (C=O) groups excluding carboxylic acids is 1. The van der Waals surface area contributed by atoms with E-state index >= 15 is 0 Å². The molecule has 0 unspecified atom stereocenters. The predicted molar refractivity (Wildman–Crippen MR) is 91.2 cm³/mol. The van der Waals surface area contributed by atoms with Gasteiger partial charge in [0.05, 0.1) is 0 Å². The minimum Gasteiger partial charge on any atom is -0.444 e. The van der Waals surface area contributed by atoms with E-state index < -0.39 is 5.60 Å². The first-order valence-electron chi connectivity index (χ1n) is 8.88. The number of rotatable bonds is 2. The molecule has 2 rings (SSSR count). The summed E-state index contributed by atoms with van der Waals surface area (Å²) in [4.78, 5) is 14.3. The van der Waals surface area contributed by atoms with Crippen LogP contribution in [0.25, 0.3) is 0 Å². The maximum absolute atomic E-state index is 11.8. The van der Waals surface area contributed by atoms with Gasteiger partial charge in [0.1, 0.15) is 5.60 Å². The van der Waals surface area contributed by atoms with Gasteiger partial charge in [0, 0.05) is 25.2 Å². The third kappa shape index (κ3) is 6.97. The van der Waals surface area contributed by atoms with E-state index in [1.165, 1.54) is 12.8 Å². The molecule has 5 nitrogen and oxygen atoms in total. The minimum atomic E-state index is -0.417. The molecule has 1 amide bonds. The number of nitrogens with one attached hydrogen (secondary N) is 2. The number of nitrogens with zero attached hydrogens (tertiary/aromatic N) is 1. The van der Waals surface area contributed by atoms with Crippen molar-refractivity contribution in [3.8, 4) is 0 Å². The quantitative estimate of drug-likeness (QED) is 0.823. The van der Waals surface area contributed by atoms with Crippen molar-refractivity contribution >= 4 is 6.09 Å². The average Bonchev–Trinajstić information content (AvgIpc) is 2.49. The van der Waals surface area contributed by atoms with E-state index in [0.29, 0.717) is 0 Å². The molecule has 0 bridgehead atoms. The molecule has 2 saturated heterocycles. The van der Waals surface area contributed by atoms with Crippen molar-refractivity contribution in [3.05, 3.63) is 0 Å². The molecule has 0 spiro atoms. The summed E-state index contributed by atoms with van der Waals surface area (Å²) in [7, 11) is 0. The number of amides is 1. The van der Waals surface area contributed by atoms with Gasteiger partial charge in [-0.05, 0) is 59.5 Å². The van der Waals surface area contributed by atoms with Crippen LogP contribution in [0.15, 0.2) is 0 Å². The molecule has 2 aliphatic rings. The summed E-state index contributed by atoms with van der Waals surface area (Å²) in [6.07, 6.45) is 4.29. The fourth-order valence-electron chi connectivity index (χ4n) is 3.06. The summed E-state index contributed by atoms with van der Waals surface area (Å²) in [5.74, 6) is 0. The zero-order chi connectivity index (χ0) is 16.6. The Morgan fingerprint density at radius 3 is 2.14 bits per heavy atom. The van der Waals surface area contributed by atoms with E-state index in [9.17, 15) is 4.79 Å². The van der Waals surface area contributed by atoms with Gasteiger partial charge >= 0.3 is 6.09 Å². The Bertz CT molecular complexity index is 314. The summed E-state index contributed by atoms with van der Waals surface area (Å²) in [5.41, 5.74) is -0.417. The molecule has 0 aromatic rings. The van der Waals surface area contributed by atoms with Crippen LogP contribution in [0.1, 0.15) is 60.3 Å². The Balaban J connectivity index is 0.00000116. The van der Waals surface area contributed by atoms with Crippen LogP contribution in [0.5, 0.6) is 0 Å². The highest BCUT2D eigenvalue weighted by molar-refractivity contribution is 5.68. The Morgan fingerprint density at radius 1 is 1.09 bits per heavy atom. The molecule has 0 saturated carbocycles. The molecule has 2 aliphatic heterocycles. The van der Waals surface area contributed by atoms with E-state index in [-0.39, 0.29) is 12.1 Å². The minimum absolute atomic E-state index is 0.266. The Morgan fingerprint density at radius 2 is 1.64 bits per heavy atom. The second kappa shape index (κ2) is 9.36. The smallest absolute Gasteiger partial charge is 0.407 e.